The Kier molecular flexibility index (Phi) is 8.92. The highest BCUT2D eigenvalue weighted by molar-refractivity contribution is 6.24. The van der Waals surface area contributed by atoms with Crippen molar-refractivity contribution in [1.29, 1.82) is 0 Å². The second-order valence-electron chi connectivity index (χ2n) is 20.3. The lowest BCUT2D eigenvalue weighted by molar-refractivity contribution is 0.660. The number of fused-ring (bicyclic) bond motifs is 12. The smallest absolute Gasteiger partial charge is 0.159 e. The van der Waals surface area contributed by atoms with Gasteiger partial charge in [-0.2, -0.15) is 0 Å². The molecule has 2 heterocycles. The molecule has 0 fully saturated rings. The van der Waals surface area contributed by atoms with Crippen LogP contribution in [0.2, 0.25) is 0 Å². The fourth-order valence-corrected chi connectivity index (χ4v) is 12.9. The van der Waals surface area contributed by atoms with Crippen LogP contribution in [0, 0.1) is 0 Å². The maximum atomic E-state index is 7.61. The first kappa shape index (κ1) is 41.6. The molecule has 0 aliphatic heterocycles. The molecular weight excluding hydrogens is 887 g/mol. The van der Waals surface area contributed by atoms with Gasteiger partial charge in [0.1, 0.15) is 16.7 Å². The van der Waals surface area contributed by atoms with Gasteiger partial charge in [-0.1, -0.05) is 214 Å². The van der Waals surface area contributed by atoms with Crippen LogP contribution in [0.25, 0.3) is 88.4 Å². The van der Waals surface area contributed by atoms with Crippen LogP contribution in [0.15, 0.2) is 258 Å². The van der Waals surface area contributed by atoms with Crippen LogP contribution in [0.1, 0.15) is 47.2 Å². The van der Waals surface area contributed by atoms with Crippen LogP contribution in [0.4, 0.5) is 17.1 Å². The molecule has 2 aromatic heterocycles. The standard InChI is InChI=1S/C70H47NO2/c1-69(2)58-32-15-12-28-51(58)53-38-36-46(41-60(53)69)65-66-56-30-14-17-35-63(56)72-64(66)43-57-55-31-19-34-62(67(55)73-68(57)65)71(49-27-18-22-45(40-49)44-20-6-3-7-21-44)50-37-39-54-52-29-13-16-33-59(52)70(61(54)42-50,47-23-8-4-9-24-47)48-25-10-5-11-26-48/h3-43H,1-2H3. The molecule has 11 aromatic carbocycles. The van der Waals surface area contributed by atoms with E-state index in [-0.39, 0.29) is 5.41 Å². The third-order valence-corrected chi connectivity index (χ3v) is 16.1. The Bertz CT molecular complexity index is 4310. The molecule has 0 atom stereocenters. The van der Waals surface area contributed by atoms with Crippen LogP contribution in [0.3, 0.4) is 0 Å². The summed E-state index contributed by atoms with van der Waals surface area (Å²) in [7, 11) is 0. The van der Waals surface area contributed by atoms with Crippen molar-refractivity contribution in [1.82, 2.24) is 0 Å². The fraction of sp³-hybridized carbons (Fsp3) is 0.0571. The van der Waals surface area contributed by atoms with E-state index in [0.717, 1.165) is 83.2 Å². The molecule has 73 heavy (non-hydrogen) atoms. The molecule has 0 bridgehead atoms. The van der Waals surface area contributed by atoms with Gasteiger partial charge in [0.25, 0.3) is 0 Å². The van der Waals surface area contributed by atoms with E-state index in [2.05, 4.69) is 261 Å². The lowest BCUT2D eigenvalue weighted by atomic mass is 9.67. The van der Waals surface area contributed by atoms with E-state index in [0.29, 0.717) is 0 Å². The summed E-state index contributed by atoms with van der Waals surface area (Å²) in [5, 5.41) is 4.15. The van der Waals surface area contributed by atoms with E-state index in [4.69, 9.17) is 8.83 Å². The zero-order valence-electron chi connectivity index (χ0n) is 40.4. The summed E-state index contributed by atoms with van der Waals surface area (Å²) in [6.45, 7) is 4.70. The number of nitrogens with zero attached hydrogens (tertiary/aromatic N) is 1. The molecule has 0 radical (unpaired) electrons. The summed E-state index contributed by atoms with van der Waals surface area (Å²) < 4.78 is 14.4. The predicted molar refractivity (Wildman–Crippen MR) is 301 cm³/mol. The van der Waals surface area contributed by atoms with Crippen molar-refractivity contribution in [2.24, 2.45) is 0 Å². The number of hydrogen-bond acceptors (Lipinski definition) is 3. The van der Waals surface area contributed by atoms with Crippen LogP contribution < -0.4 is 4.90 Å². The van der Waals surface area contributed by atoms with Gasteiger partial charge in [0.05, 0.1) is 11.1 Å². The maximum absolute atomic E-state index is 7.61. The minimum absolute atomic E-state index is 0.181. The Labute approximate surface area is 423 Å². The molecule has 3 heteroatoms. The van der Waals surface area contributed by atoms with Gasteiger partial charge in [-0.15, -0.1) is 0 Å². The summed E-state index contributed by atoms with van der Waals surface area (Å²) in [6.07, 6.45) is 0. The molecule has 13 aromatic rings. The number of rotatable bonds is 7. The number of para-hydroxylation sites is 2. The van der Waals surface area contributed by atoms with E-state index in [9.17, 15) is 0 Å². The largest absolute Gasteiger partial charge is 0.456 e. The third-order valence-electron chi connectivity index (χ3n) is 16.1. The van der Waals surface area contributed by atoms with E-state index >= 15 is 0 Å². The minimum Gasteiger partial charge on any atom is -0.456 e. The van der Waals surface area contributed by atoms with Gasteiger partial charge in [-0.3, -0.25) is 0 Å². The first-order valence-corrected chi connectivity index (χ1v) is 25.3. The minimum atomic E-state index is -0.578. The zero-order chi connectivity index (χ0) is 48.4. The van der Waals surface area contributed by atoms with Crippen LogP contribution in [-0.4, -0.2) is 0 Å². The van der Waals surface area contributed by atoms with Gasteiger partial charge in [-0.25, -0.2) is 0 Å². The summed E-state index contributed by atoms with van der Waals surface area (Å²) >= 11 is 0. The Hall–Kier alpha value is -9.18. The van der Waals surface area contributed by atoms with Gasteiger partial charge < -0.3 is 13.7 Å². The van der Waals surface area contributed by atoms with Crippen molar-refractivity contribution < 1.29 is 8.83 Å². The number of furan rings is 2. The second-order valence-corrected chi connectivity index (χ2v) is 20.3. The quantitative estimate of drug-likeness (QED) is 0.159. The molecule has 0 unspecified atom stereocenters. The highest BCUT2D eigenvalue weighted by Gasteiger charge is 2.46. The molecule has 344 valence electrons. The van der Waals surface area contributed by atoms with Crippen LogP contribution >= 0.6 is 0 Å². The highest BCUT2D eigenvalue weighted by atomic mass is 16.3. The Morgan fingerprint density at radius 1 is 0.342 bits per heavy atom. The summed E-state index contributed by atoms with van der Waals surface area (Å²) in [6, 6.07) is 90.8. The molecule has 3 nitrogen and oxygen atoms in total. The van der Waals surface area contributed by atoms with Crippen molar-refractivity contribution in [3.63, 3.8) is 0 Å². The average molecular weight is 934 g/mol. The van der Waals surface area contributed by atoms with E-state index in [1.807, 2.05) is 6.07 Å². The summed E-state index contributed by atoms with van der Waals surface area (Å²) in [4.78, 5) is 2.41. The molecule has 0 saturated heterocycles. The van der Waals surface area contributed by atoms with Crippen LogP contribution in [-0.2, 0) is 10.8 Å². The van der Waals surface area contributed by atoms with Gasteiger partial charge in [0.2, 0.25) is 0 Å². The molecule has 0 spiro atoms. The van der Waals surface area contributed by atoms with Crippen molar-refractivity contribution in [2.75, 3.05) is 4.90 Å². The molecule has 0 amide bonds. The van der Waals surface area contributed by atoms with Crippen molar-refractivity contribution in [3.8, 4) is 44.5 Å². The number of hydrogen-bond donors (Lipinski definition) is 0. The predicted octanol–water partition coefficient (Wildman–Crippen LogP) is 19.0. The van der Waals surface area contributed by atoms with Crippen molar-refractivity contribution in [3.05, 3.63) is 282 Å². The molecule has 2 aliphatic rings. The van der Waals surface area contributed by atoms with E-state index in [1.54, 1.807) is 0 Å². The first-order valence-electron chi connectivity index (χ1n) is 25.3. The molecular formula is C70H47NO2. The van der Waals surface area contributed by atoms with Crippen LogP contribution in [0.5, 0.6) is 0 Å². The normalized spacial score (nSPS) is 13.8. The molecule has 0 N–H and O–H groups in total. The number of benzene rings is 11. The maximum Gasteiger partial charge on any atom is 0.159 e. The van der Waals surface area contributed by atoms with E-state index in [1.165, 1.54) is 55.6 Å². The number of anilines is 3. The summed E-state index contributed by atoms with van der Waals surface area (Å²) in [5.74, 6) is 0. The SMILES string of the molecule is CC1(C)c2ccccc2-c2ccc(-c3c4oc5c(N(c6cccc(-c7ccccc7)c6)c6ccc7c(c6)C(c6ccccc6)(c6ccccc6)c6ccccc6-7)cccc5c4cc4oc5ccccc5c34)cc21. The highest BCUT2D eigenvalue weighted by Crippen LogP contribution is 2.58. The van der Waals surface area contributed by atoms with Gasteiger partial charge in [-0.05, 0) is 121 Å². The molecule has 0 saturated carbocycles. The fourth-order valence-electron chi connectivity index (χ4n) is 12.9. The second kappa shape index (κ2) is 15.7. The zero-order valence-corrected chi connectivity index (χ0v) is 40.4. The Balaban J connectivity index is 1.01. The first-order chi connectivity index (χ1) is 36.0. The average Bonchev–Trinajstić information content (AvgIpc) is 4.21. The molecule has 2 aliphatic carbocycles. The lowest BCUT2D eigenvalue weighted by Crippen LogP contribution is -2.28. The summed E-state index contributed by atoms with van der Waals surface area (Å²) in [5.41, 5.74) is 22.7. The van der Waals surface area contributed by atoms with Gasteiger partial charge in [0, 0.05) is 43.9 Å². The van der Waals surface area contributed by atoms with E-state index < -0.39 is 5.41 Å². The molecule has 15 rings (SSSR count). The van der Waals surface area contributed by atoms with Gasteiger partial charge >= 0.3 is 0 Å². The van der Waals surface area contributed by atoms with Gasteiger partial charge in [0.15, 0.2) is 5.58 Å². The topological polar surface area (TPSA) is 29.5 Å². The third kappa shape index (κ3) is 5.94. The lowest BCUT2D eigenvalue weighted by Gasteiger charge is -2.35. The monoisotopic (exact) mass is 933 g/mol. The Morgan fingerprint density at radius 3 is 1.71 bits per heavy atom. The van der Waals surface area contributed by atoms with Crippen molar-refractivity contribution >= 4 is 60.9 Å². The van der Waals surface area contributed by atoms with Crippen molar-refractivity contribution in [2.45, 2.75) is 24.7 Å². The Morgan fingerprint density at radius 2 is 0.932 bits per heavy atom.